The molecule has 0 aromatic carbocycles. The van der Waals surface area contributed by atoms with Crippen LogP contribution in [0.5, 0.6) is 0 Å². The third-order valence-electron chi connectivity index (χ3n) is 5.82. The zero-order chi connectivity index (χ0) is 18.3. The summed E-state index contributed by atoms with van der Waals surface area (Å²) >= 11 is 0. The largest absolute Gasteiger partial charge is 0.341 e. The van der Waals surface area contributed by atoms with E-state index in [1.54, 1.807) is 0 Å². The van der Waals surface area contributed by atoms with Crippen molar-refractivity contribution >= 4 is 5.91 Å². The first kappa shape index (κ1) is 17.2. The number of piperidine rings is 1. The van der Waals surface area contributed by atoms with Crippen molar-refractivity contribution < 1.29 is 4.79 Å². The molecule has 1 amide bonds. The van der Waals surface area contributed by atoms with E-state index in [1.807, 2.05) is 41.3 Å². The second kappa shape index (κ2) is 6.50. The van der Waals surface area contributed by atoms with Gasteiger partial charge in [-0.1, -0.05) is 6.07 Å². The lowest BCUT2D eigenvalue weighted by Crippen LogP contribution is -2.53. The molecular weight excluding hydrogens is 326 g/mol. The second-order valence-corrected chi connectivity index (χ2v) is 8.04. The van der Waals surface area contributed by atoms with E-state index >= 15 is 0 Å². The molecule has 1 saturated heterocycles. The fraction of sp³-hybridized carbons (Fsp3) is 0.550. The minimum absolute atomic E-state index is 0.0103. The SMILES string of the molecule is CC(C)n1cc2c(n1)C1(CCN(Cc3cccnc3)CC1)CN(C)C2=O. The molecule has 0 aliphatic carbocycles. The van der Waals surface area contributed by atoms with Crippen LogP contribution in [0.15, 0.2) is 30.7 Å². The lowest BCUT2D eigenvalue weighted by atomic mass is 9.72. The van der Waals surface area contributed by atoms with Crippen molar-refractivity contribution in [2.45, 2.75) is 44.7 Å². The minimum Gasteiger partial charge on any atom is -0.341 e. The number of aromatic nitrogens is 3. The van der Waals surface area contributed by atoms with Crippen molar-refractivity contribution in [2.75, 3.05) is 26.7 Å². The predicted octanol–water partition coefficient (Wildman–Crippen LogP) is 2.48. The topological polar surface area (TPSA) is 54.3 Å². The molecule has 0 atom stereocenters. The highest BCUT2D eigenvalue weighted by atomic mass is 16.2. The Morgan fingerprint density at radius 1 is 1.27 bits per heavy atom. The van der Waals surface area contributed by atoms with Crippen LogP contribution in [0.4, 0.5) is 0 Å². The standard InChI is InChI=1S/C20H27N5O/c1-15(2)25-13-17-18(22-25)20(14-23(3)19(17)26)6-9-24(10-7-20)12-16-5-4-8-21-11-16/h4-5,8,11,13,15H,6-7,9-10,12,14H2,1-3H3. The number of carbonyl (C=O) groups is 1. The number of rotatable bonds is 3. The average Bonchev–Trinajstić information content (AvgIpc) is 3.10. The first-order valence-electron chi connectivity index (χ1n) is 9.45. The molecule has 2 aromatic heterocycles. The number of likely N-dealkylation sites (N-methyl/N-ethyl adjacent to an activating group) is 1. The Labute approximate surface area is 154 Å². The summed E-state index contributed by atoms with van der Waals surface area (Å²) in [6.07, 6.45) is 7.78. The fourth-order valence-corrected chi connectivity index (χ4v) is 4.29. The summed E-state index contributed by atoms with van der Waals surface area (Å²) < 4.78 is 1.95. The Balaban J connectivity index is 1.56. The molecule has 6 nitrogen and oxygen atoms in total. The zero-order valence-corrected chi connectivity index (χ0v) is 15.9. The zero-order valence-electron chi connectivity index (χ0n) is 15.9. The third-order valence-corrected chi connectivity index (χ3v) is 5.82. The molecule has 4 heterocycles. The van der Waals surface area contributed by atoms with Gasteiger partial charge in [0.1, 0.15) is 0 Å². The highest BCUT2D eigenvalue weighted by molar-refractivity contribution is 5.96. The van der Waals surface area contributed by atoms with Gasteiger partial charge in [-0.25, -0.2) is 0 Å². The number of hydrogen-bond donors (Lipinski definition) is 0. The summed E-state index contributed by atoms with van der Waals surface area (Å²) in [6, 6.07) is 4.39. The van der Waals surface area contributed by atoms with E-state index in [9.17, 15) is 4.79 Å². The molecule has 0 bridgehead atoms. The fourth-order valence-electron chi connectivity index (χ4n) is 4.29. The van der Waals surface area contributed by atoms with Crippen molar-refractivity contribution in [2.24, 2.45) is 0 Å². The molecule has 4 rings (SSSR count). The Bertz CT molecular complexity index is 790. The van der Waals surface area contributed by atoms with Crippen LogP contribution in [0.3, 0.4) is 0 Å². The maximum Gasteiger partial charge on any atom is 0.257 e. The number of likely N-dealkylation sites (tertiary alicyclic amines) is 1. The molecule has 0 N–H and O–H groups in total. The Morgan fingerprint density at radius 2 is 2.04 bits per heavy atom. The highest BCUT2D eigenvalue weighted by Gasteiger charge is 2.46. The van der Waals surface area contributed by atoms with E-state index in [1.165, 1.54) is 5.56 Å². The molecule has 1 spiro atoms. The van der Waals surface area contributed by atoms with Crippen LogP contribution >= 0.6 is 0 Å². The maximum atomic E-state index is 12.6. The van der Waals surface area contributed by atoms with Crippen molar-refractivity contribution in [1.82, 2.24) is 24.6 Å². The van der Waals surface area contributed by atoms with Gasteiger partial charge in [-0.3, -0.25) is 19.4 Å². The van der Waals surface area contributed by atoms with Crippen LogP contribution in [0.2, 0.25) is 0 Å². The molecule has 0 unspecified atom stereocenters. The van der Waals surface area contributed by atoms with Crippen molar-refractivity contribution in [3.63, 3.8) is 0 Å². The van der Waals surface area contributed by atoms with Gasteiger partial charge in [0.05, 0.1) is 11.3 Å². The Kier molecular flexibility index (Phi) is 4.31. The number of fused-ring (bicyclic) bond motifs is 2. The Morgan fingerprint density at radius 3 is 2.69 bits per heavy atom. The molecule has 2 aliphatic heterocycles. The van der Waals surface area contributed by atoms with E-state index in [0.29, 0.717) is 0 Å². The van der Waals surface area contributed by atoms with E-state index in [0.717, 1.165) is 50.3 Å². The number of nitrogens with zero attached hydrogens (tertiary/aromatic N) is 5. The summed E-state index contributed by atoms with van der Waals surface area (Å²) in [6.45, 7) is 7.96. The predicted molar refractivity (Wildman–Crippen MR) is 100.0 cm³/mol. The van der Waals surface area contributed by atoms with E-state index in [-0.39, 0.29) is 17.4 Å². The molecule has 0 radical (unpaired) electrons. The van der Waals surface area contributed by atoms with Gasteiger partial charge in [0.25, 0.3) is 5.91 Å². The van der Waals surface area contributed by atoms with Gasteiger partial charge in [0.2, 0.25) is 0 Å². The van der Waals surface area contributed by atoms with Crippen LogP contribution in [0.25, 0.3) is 0 Å². The van der Waals surface area contributed by atoms with Crippen LogP contribution in [0, 0.1) is 0 Å². The molecule has 2 aliphatic rings. The normalized spacial score (nSPS) is 20.0. The summed E-state index contributed by atoms with van der Waals surface area (Å²) in [7, 11) is 1.92. The van der Waals surface area contributed by atoms with Crippen LogP contribution in [-0.4, -0.2) is 57.2 Å². The molecule has 138 valence electrons. The van der Waals surface area contributed by atoms with E-state index in [2.05, 4.69) is 29.8 Å². The average molecular weight is 353 g/mol. The van der Waals surface area contributed by atoms with Crippen LogP contribution in [0.1, 0.15) is 54.3 Å². The summed E-state index contributed by atoms with van der Waals surface area (Å²) in [5.74, 6) is 0.107. The lowest BCUT2D eigenvalue weighted by molar-refractivity contribution is 0.0628. The van der Waals surface area contributed by atoms with Gasteiger partial charge in [0.15, 0.2) is 0 Å². The van der Waals surface area contributed by atoms with Gasteiger partial charge < -0.3 is 4.90 Å². The van der Waals surface area contributed by atoms with E-state index in [4.69, 9.17) is 5.10 Å². The highest BCUT2D eigenvalue weighted by Crippen LogP contribution is 2.41. The summed E-state index contributed by atoms with van der Waals surface area (Å²) in [4.78, 5) is 21.2. The van der Waals surface area contributed by atoms with Crippen molar-refractivity contribution in [3.05, 3.63) is 47.5 Å². The summed E-state index contributed by atoms with van der Waals surface area (Å²) in [5, 5.41) is 4.86. The monoisotopic (exact) mass is 353 g/mol. The molecule has 2 aromatic rings. The second-order valence-electron chi connectivity index (χ2n) is 8.04. The maximum absolute atomic E-state index is 12.6. The number of amides is 1. The smallest absolute Gasteiger partial charge is 0.257 e. The van der Waals surface area contributed by atoms with E-state index < -0.39 is 0 Å². The third kappa shape index (κ3) is 2.92. The summed E-state index contributed by atoms with van der Waals surface area (Å²) in [5.41, 5.74) is 3.07. The quantitative estimate of drug-likeness (QED) is 0.851. The molecular formula is C20H27N5O. The molecule has 0 saturated carbocycles. The number of pyridine rings is 1. The van der Waals surface area contributed by atoms with Crippen molar-refractivity contribution in [1.29, 1.82) is 0 Å². The first-order valence-corrected chi connectivity index (χ1v) is 9.45. The molecule has 1 fully saturated rings. The van der Waals surface area contributed by atoms with Crippen LogP contribution < -0.4 is 0 Å². The van der Waals surface area contributed by atoms with Crippen LogP contribution in [-0.2, 0) is 12.0 Å². The first-order chi connectivity index (χ1) is 12.5. The van der Waals surface area contributed by atoms with Gasteiger partial charge in [0, 0.05) is 50.2 Å². The number of hydrogen-bond acceptors (Lipinski definition) is 4. The minimum atomic E-state index is -0.0103. The molecule has 26 heavy (non-hydrogen) atoms. The van der Waals surface area contributed by atoms with Crippen molar-refractivity contribution in [3.8, 4) is 0 Å². The Hall–Kier alpha value is -2.21. The lowest BCUT2D eigenvalue weighted by Gasteiger charge is -2.45. The van der Waals surface area contributed by atoms with Gasteiger partial charge in [-0.15, -0.1) is 0 Å². The molecule has 6 heteroatoms. The van der Waals surface area contributed by atoms with Gasteiger partial charge in [-0.05, 0) is 51.4 Å². The van der Waals surface area contributed by atoms with Gasteiger partial charge >= 0.3 is 0 Å². The number of carbonyl (C=O) groups excluding carboxylic acids is 1. The van der Waals surface area contributed by atoms with Gasteiger partial charge in [-0.2, -0.15) is 5.10 Å².